The van der Waals surface area contributed by atoms with Crippen LogP contribution in [0, 0.1) is 3.57 Å². The third kappa shape index (κ3) is 2.45. The maximum atomic E-state index is 6.15. The van der Waals surface area contributed by atoms with Crippen LogP contribution in [0.3, 0.4) is 0 Å². The van der Waals surface area contributed by atoms with Gasteiger partial charge in [-0.1, -0.05) is 26.0 Å². The Morgan fingerprint density at radius 1 is 1.33 bits per heavy atom. The van der Waals surface area contributed by atoms with Gasteiger partial charge in [0, 0.05) is 10.6 Å². The third-order valence-corrected chi connectivity index (χ3v) is 3.73. The number of nitrogens with zero attached hydrogens (tertiary/aromatic N) is 2. The molecule has 0 fully saturated rings. The molecule has 1 aromatic heterocycles. The quantitative estimate of drug-likeness (QED) is 0.828. The summed E-state index contributed by atoms with van der Waals surface area (Å²) in [4.78, 5) is 0. The molecule has 0 radical (unpaired) electrons. The van der Waals surface area contributed by atoms with Crippen molar-refractivity contribution in [3.8, 4) is 0 Å². The Balaban J connectivity index is 2.38. The van der Waals surface area contributed by atoms with Crippen LogP contribution in [0.4, 0.5) is 17.2 Å². The minimum absolute atomic E-state index is 0.321. The summed E-state index contributed by atoms with van der Waals surface area (Å²) >= 11 is 2.30. The van der Waals surface area contributed by atoms with E-state index >= 15 is 0 Å². The second-order valence-electron chi connectivity index (χ2n) is 4.53. The number of rotatable bonds is 3. The highest BCUT2D eigenvalue weighted by Gasteiger charge is 2.16. The number of anilines is 3. The molecule has 3 N–H and O–H groups in total. The van der Waals surface area contributed by atoms with Crippen molar-refractivity contribution in [3.05, 3.63) is 33.5 Å². The lowest BCUT2D eigenvalue weighted by Gasteiger charge is -2.09. The van der Waals surface area contributed by atoms with Crippen molar-refractivity contribution in [1.82, 2.24) is 9.78 Å². The van der Waals surface area contributed by atoms with Gasteiger partial charge in [-0.25, -0.2) is 0 Å². The van der Waals surface area contributed by atoms with Crippen molar-refractivity contribution in [1.29, 1.82) is 0 Å². The third-order valence-electron chi connectivity index (χ3n) is 2.79. The van der Waals surface area contributed by atoms with E-state index in [1.54, 1.807) is 4.68 Å². The van der Waals surface area contributed by atoms with Gasteiger partial charge in [0.25, 0.3) is 0 Å². The van der Waals surface area contributed by atoms with E-state index in [9.17, 15) is 0 Å². The molecule has 0 spiro atoms. The van der Waals surface area contributed by atoms with Crippen molar-refractivity contribution >= 4 is 39.8 Å². The number of benzene rings is 1. The number of nitrogens with two attached hydrogens (primary N) is 1. The topological polar surface area (TPSA) is 55.9 Å². The van der Waals surface area contributed by atoms with Crippen LogP contribution >= 0.6 is 22.6 Å². The highest BCUT2D eigenvalue weighted by atomic mass is 127. The number of aryl methyl sites for hydroxylation is 1. The molecule has 0 saturated carbocycles. The van der Waals surface area contributed by atoms with Gasteiger partial charge in [-0.2, -0.15) is 5.10 Å². The Hall–Kier alpha value is -1.24. The van der Waals surface area contributed by atoms with E-state index in [4.69, 9.17) is 5.73 Å². The average Bonchev–Trinajstić information content (AvgIpc) is 2.60. The predicted octanol–water partition coefficient (Wildman–Crippen LogP) is 3.47. The molecular weight excluding hydrogens is 339 g/mol. The molecule has 0 bridgehead atoms. The SMILES string of the molecule is CC(C)c1nn(C)c(Nc2ccccc2I)c1N. The maximum Gasteiger partial charge on any atom is 0.152 e. The smallest absolute Gasteiger partial charge is 0.152 e. The van der Waals surface area contributed by atoms with Crippen LogP contribution in [0.2, 0.25) is 0 Å². The van der Waals surface area contributed by atoms with E-state index in [1.807, 2.05) is 25.2 Å². The summed E-state index contributed by atoms with van der Waals surface area (Å²) in [7, 11) is 1.90. The summed E-state index contributed by atoms with van der Waals surface area (Å²) < 4.78 is 2.95. The van der Waals surface area contributed by atoms with Crippen LogP contribution in [-0.4, -0.2) is 9.78 Å². The van der Waals surface area contributed by atoms with Crippen LogP contribution in [0.1, 0.15) is 25.5 Å². The summed E-state index contributed by atoms with van der Waals surface area (Å²) in [5, 5.41) is 7.81. The Bertz CT molecular complexity index is 560. The minimum atomic E-state index is 0.321. The zero-order valence-corrected chi connectivity index (χ0v) is 12.9. The standard InChI is InChI=1S/C13H17IN4/c1-8(2)12-11(15)13(18(3)17-12)16-10-7-5-4-6-9(10)14/h4-8,16H,15H2,1-3H3. The average molecular weight is 356 g/mol. The molecule has 0 aliphatic carbocycles. The minimum Gasteiger partial charge on any atom is -0.394 e. The number of nitrogens with one attached hydrogen (secondary N) is 1. The van der Waals surface area contributed by atoms with Crippen LogP contribution in [0.15, 0.2) is 24.3 Å². The molecule has 0 saturated heterocycles. The lowest BCUT2D eigenvalue weighted by Crippen LogP contribution is -2.02. The van der Waals surface area contributed by atoms with Crippen molar-refractivity contribution in [2.24, 2.45) is 7.05 Å². The van der Waals surface area contributed by atoms with Crippen LogP contribution in [0.5, 0.6) is 0 Å². The second kappa shape index (κ2) is 5.17. The van der Waals surface area contributed by atoms with E-state index in [0.29, 0.717) is 5.92 Å². The van der Waals surface area contributed by atoms with E-state index in [-0.39, 0.29) is 0 Å². The zero-order valence-electron chi connectivity index (χ0n) is 10.7. The lowest BCUT2D eigenvalue weighted by molar-refractivity contribution is 0.718. The fraction of sp³-hybridized carbons (Fsp3) is 0.308. The van der Waals surface area contributed by atoms with E-state index in [2.05, 4.69) is 52.9 Å². The van der Waals surface area contributed by atoms with Gasteiger partial charge in [-0.15, -0.1) is 0 Å². The molecule has 18 heavy (non-hydrogen) atoms. The monoisotopic (exact) mass is 356 g/mol. The lowest BCUT2D eigenvalue weighted by atomic mass is 10.1. The first-order chi connectivity index (χ1) is 8.50. The number of para-hydroxylation sites is 1. The fourth-order valence-corrected chi connectivity index (χ4v) is 2.35. The van der Waals surface area contributed by atoms with Gasteiger partial charge in [0.2, 0.25) is 0 Å². The Labute approximate surface area is 121 Å². The van der Waals surface area contributed by atoms with E-state index in [0.717, 1.165) is 26.5 Å². The molecule has 0 atom stereocenters. The van der Waals surface area contributed by atoms with Crippen molar-refractivity contribution < 1.29 is 0 Å². The van der Waals surface area contributed by atoms with E-state index < -0.39 is 0 Å². The summed E-state index contributed by atoms with van der Waals surface area (Å²) in [5.74, 6) is 1.17. The molecule has 5 heteroatoms. The summed E-state index contributed by atoms with van der Waals surface area (Å²) in [5.41, 5.74) is 8.86. The Kier molecular flexibility index (Phi) is 3.79. The summed E-state index contributed by atoms with van der Waals surface area (Å²) in [6, 6.07) is 8.10. The zero-order chi connectivity index (χ0) is 13.3. The number of aromatic nitrogens is 2. The molecular formula is C13H17IN4. The first-order valence-corrected chi connectivity index (χ1v) is 6.92. The van der Waals surface area contributed by atoms with Gasteiger partial charge in [-0.05, 0) is 40.6 Å². The first-order valence-electron chi connectivity index (χ1n) is 5.84. The number of halogens is 1. The second-order valence-corrected chi connectivity index (χ2v) is 5.69. The highest BCUT2D eigenvalue weighted by molar-refractivity contribution is 14.1. The molecule has 2 rings (SSSR count). The van der Waals surface area contributed by atoms with Crippen molar-refractivity contribution in [2.75, 3.05) is 11.1 Å². The van der Waals surface area contributed by atoms with Crippen molar-refractivity contribution in [2.45, 2.75) is 19.8 Å². The normalized spacial score (nSPS) is 10.9. The molecule has 0 aliphatic rings. The van der Waals surface area contributed by atoms with Gasteiger partial charge >= 0.3 is 0 Å². The maximum absolute atomic E-state index is 6.15. The molecule has 2 aromatic rings. The predicted molar refractivity (Wildman–Crippen MR) is 84.2 cm³/mol. The van der Waals surface area contributed by atoms with Gasteiger partial charge < -0.3 is 11.1 Å². The number of hydrogen-bond acceptors (Lipinski definition) is 3. The first kappa shape index (κ1) is 13.2. The van der Waals surface area contributed by atoms with E-state index in [1.165, 1.54) is 0 Å². The largest absolute Gasteiger partial charge is 0.394 e. The van der Waals surface area contributed by atoms with Gasteiger partial charge in [-0.3, -0.25) is 4.68 Å². The summed E-state index contributed by atoms with van der Waals surface area (Å²) in [6.45, 7) is 4.18. The molecule has 0 unspecified atom stereocenters. The highest BCUT2D eigenvalue weighted by Crippen LogP contribution is 2.31. The fourth-order valence-electron chi connectivity index (χ4n) is 1.83. The Morgan fingerprint density at radius 3 is 2.56 bits per heavy atom. The molecule has 96 valence electrons. The van der Waals surface area contributed by atoms with Crippen LogP contribution in [-0.2, 0) is 7.05 Å². The van der Waals surface area contributed by atoms with Crippen molar-refractivity contribution in [3.63, 3.8) is 0 Å². The van der Waals surface area contributed by atoms with Gasteiger partial charge in [0.1, 0.15) is 0 Å². The molecule has 1 heterocycles. The number of hydrogen-bond donors (Lipinski definition) is 2. The summed E-state index contributed by atoms with van der Waals surface area (Å²) in [6.07, 6.45) is 0. The Morgan fingerprint density at radius 2 is 2.00 bits per heavy atom. The van der Waals surface area contributed by atoms with Gasteiger partial charge in [0.15, 0.2) is 5.82 Å². The number of nitrogen functional groups attached to an aromatic ring is 1. The van der Waals surface area contributed by atoms with Crippen LogP contribution in [0.25, 0.3) is 0 Å². The van der Waals surface area contributed by atoms with Gasteiger partial charge in [0.05, 0.1) is 17.1 Å². The molecule has 0 amide bonds. The molecule has 1 aromatic carbocycles. The molecule has 0 aliphatic heterocycles. The molecule has 4 nitrogen and oxygen atoms in total. The van der Waals surface area contributed by atoms with Crippen LogP contribution < -0.4 is 11.1 Å².